The SMILES string of the molecule is CC(C)(C)OC(=O)N1CCN(c2ccnc3c(C(N)=O)n(-c4ccc(Oc5ccc(F)cc5)cc4)nc23)CC1.CCOC(=O)c1c2nccc(N3CCN(C(=O)OC(C)(C)C)CC3)c2nn1-c1ccc(Oc2ccc(F)cc2)cc1. The number of anilines is 2. The van der Waals surface area contributed by atoms with Gasteiger partial charge in [0.15, 0.2) is 11.4 Å². The molecular formula is C58H61F2N11O9. The highest BCUT2D eigenvalue weighted by Gasteiger charge is 2.31. The van der Waals surface area contributed by atoms with Gasteiger partial charge in [0.25, 0.3) is 5.91 Å². The van der Waals surface area contributed by atoms with Gasteiger partial charge in [0.2, 0.25) is 0 Å². The molecule has 22 heteroatoms. The van der Waals surface area contributed by atoms with Crippen LogP contribution in [0.4, 0.5) is 29.7 Å². The number of benzene rings is 4. The number of aromatic nitrogens is 6. The predicted octanol–water partition coefficient (Wildman–Crippen LogP) is 10.1. The van der Waals surface area contributed by atoms with E-state index < -0.39 is 23.1 Å². The lowest BCUT2D eigenvalue weighted by Gasteiger charge is -2.36. The van der Waals surface area contributed by atoms with Crippen LogP contribution in [0.25, 0.3) is 33.4 Å². The first-order valence-corrected chi connectivity index (χ1v) is 26.0. The van der Waals surface area contributed by atoms with Crippen molar-refractivity contribution in [3.63, 3.8) is 0 Å². The minimum Gasteiger partial charge on any atom is -0.461 e. The van der Waals surface area contributed by atoms with E-state index in [-0.39, 0.29) is 41.8 Å². The molecule has 6 heterocycles. The quantitative estimate of drug-likeness (QED) is 0.0942. The largest absolute Gasteiger partial charge is 0.461 e. The smallest absolute Gasteiger partial charge is 0.410 e. The van der Waals surface area contributed by atoms with Crippen LogP contribution < -0.4 is 25.0 Å². The van der Waals surface area contributed by atoms with E-state index in [9.17, 15) is 28.0 Å². The Balaban J connectivity index is 0.000000194. The van der Waals surface area contributed by atoms with Gasteiger partial charge in [0, 0.05) is 64.8 Å². The number of hydrogen-bond acceptors (Lipinski definition) is 15. The Hall–Kier alpha value is -9.34. The maximum absolute atomic E-state index is 13.2. The van der Waals surface area contributed by atoms with Crippen LogP contribution >= 0.6 is 0 Å². The Labute approximate surface area is 460 Å². The molecule has 8 aromatic rings. The Morgan fingerprint density at radius 2 is 0.850 bits per heavy atom. The maximum Gasteiger partial charge on any atom is 0.410 e. The first-order valence-electron chi connectivity index (χ1n) is 26.0. The number of nitrogens with two attached hydrogens (primary N) is 1. The first kappa shape index (κ1) is 55.4. The number of carbonyl (C=O) groups excluding carboxylic acids is 4. The van der Waals surface area contributed by atoms with Crippen molar-refractivity contribution in [3.05, 3.63) is 145 Å². The number of halogens is 2. The number of piperazine rings is 2. The fourth-order valence-electron chi connectivity index (χ4n) is 8.92. The Kier molecular flexibility index (Phi) is 16.2. The summed E-state index contributed by atoms with van der Waals surface area (Å²) < 4.78 is 57.4. The molecule has 0 aliphatic carbocycles. The zero-order valence-corrected chi connectivity index (χ0v) is 45.4. The standard InChI is InChI=1S/C30H32FN5O5.C28H29FN6O4/c1-5-39-28(37)27-26-25(24(14-15-32-26)34-16-18-35(19-17-34)29(38)41-30(2,3)4)33-36(27)21-8-12-23(13-9-21)40-22-10-6-20(31)7-11-22;1-28(2,3)39-27(37)34-16-14-33(15-17-34)22-12-13-31-24-23(22)32-35(25(24)26(30)36)19-6-10-21(11-7-19)38-20-8-4-18(29)5-9-20/h6-15H,5,16-19H2,1-4H3;4-13H,14-17H2,1-3H3,(H2,30,36). The summed E-state index contributed by atoms with van der Waals surface area (Å²) in [5.74, 6) is 0.165. The van der Waals surface area contributed by atoms with Crippen LogP contribution in [0.2, 0.25) is 0 Å². The number of pyridine rings is 2. The summed E-state index contributed by atoms with van der Waals surface area (Å²) in [5.41, 5.74) is 9.71. The van der Waals surface area contributed by atoms with Gasteiger partial charge in [-0.2, -0.15) is 10.2 Å². The lowest BCUT2D eigenvalue weighted by atomic mass is 10.2. The molecule has 2 aliphatic rings. The molecule has 20 nitrogen and oxygen atoms in total. The Bertz CT molecular complexity index is 3510. The van der Waals surface area contributed by atoms with E-state index >= 15 is 0 Å². The zero-order valence-electron chi connectivity index (χ0n) is 45.4. The van der Waals surface area contributed by atoms with E-state index in [1.165, 1.54) is 45.8 Å². The van der Waals surface area contributed by atoms with Crippen LogP contribution in [-0.4, -0.2) is 134 Å². The molecule has 4 aromatic heterocycles. The highest BCUT2D eigenvalue weighted by Crippen LogP contribution is 2.33. The molecular weight excluding hydrogens is 1030 g/mol. The molecule has 2 fully saturated rings. The number of rotatable bonds is 11. The summed E-state index contributed by atoms with van der Waals surface area (Å²) in [7, 11) is 0. The Morgan fingerprint density at radius 1 is 0.500 bits per heavy atom. The van der Waals surface area contributed by atoms with Crippen molar-refractivity contribution in [2.24, 2.45) is 5.73 Å². The lowest BCUT2D eigenvalue weighted by Crippen LogP contribution is -2.50. The fraction of sp³-hybridized carbons (Fsp3) is 0.310. The third-order valence-corrected chi connectivity index (χ3v) is 12.6. The highest BCUT2D eigenvalue weighted by atomic mass is 19.1. The second-order valence-electron chi connectivity index (χ2n) is 20.7. The van der Waals surface area contributed by atoms with Gasteiger partial charge in [0.1, 0.15) is 67.9 Å². The van der Waals surface area contributed by atoms with Crippen molar-refractivity contribution in [1.29, 1.82) is 0 Å². The molecule has 0 spiro atoms. The van der Waals surface area contributed by atoms with Crippen molar-refractivity contribution in [2.45, 2.75) is 59.7 Å². The number of amides is 3. The number of carbonyl (C=O) groups is 4. The molecule has 2 N–H and O–H groups in total. The fourth-order valence-corrected chi connectivity index (χ4v) is 8.92. The van der Waals surface area contributed by atoms with Gasteiger partial charge < -0.3 is 49.0 Å². The molecule has 4 aromatic carbocycles. The molecule has 80 heavy (non-hydrogen) atoms. The van der Waals surface area contributed by atoms with Crippen LogP contribution in [0.3, 0.4) is 0 Å². The molecule has 0 radical (unpaired) electrons. The molecule has 416 valence electrons. The molecule has 0 atom stereocenters. The van der Waals surface area contributed by atoms with E-state index in [2.05, 4.69) is 19.8 Å². The zero-order chi connectivity index (χ0) is 56.9. The minimum absolute atomic E-state index is 0.159. The molecule has 0 unspecified atom stereocenters. The normalized spacial score (nSPS) is 13.9. The van der Waals surface area contributed by atoms with Crippen molar-refractivity contribution >= 4 is 57.5 Å². The highest BCUT2D eigenvalue weighted by molar-refractivity contribution is 6.06. The van der Waals surface area contributed by atoms with E-state index in [1.807, 2.05) is 53.7 Å². The third-order valence-electron chi connectivity index (χ3n) is 12.6. The van der Waals surface area contributed by atoms with Crippen molar-refractivity contribution in [3.8, 4) is 34.4 Å². The maximum atomic E-state index is 13.2. The van der Waals surface area contributed by atoms with Gasteiger partial charge in [-0.15, -0.1) is 0 Å². The van der Waals surface area contributed by atoms with E-state index in [0.717, 1.165) is 11.4 Å². The summed E-state index contributed by atoms with van der Waals surface area (Å²) in [5, 5.41) is 9.54. The summed E-state index contributed by atoms with van der Waals surface area (Å²) >= 11 is 0. The average molecular weight is 1090 g/mol. The van der Waals surface area contributed by atoms with Crippen LogP contribution in [0, 0.1) is 11.6 Å². The summed E-state index contributed by atoms with van der Waals surface area (Å²) in [6.07, 6.45) is 2.59. The Morgan fingerprint density at radius 3 is 1.20 bits per heavy atom. The number of esters is 1. The van der Waals surface area contributed by atoms with Crippen LogP contribution in [-0.2, 0) is 14.2 Å². The van der Waals surface area contributed by atoms with Crippen molar-refractivity contribution in [2.75, 3.05) is 68.8 Å². The second-order valence-corrected chi connectivity index (χ2v) is 20.7. The van der Waals surface area contributed by atoms with E-state index in [0.29, 0.717) is 109 Å². The number of nitrogens with zero attached hydrogens (tertiary/aromatic N) is 10. The van der Waals surface area contributed by atoms with Crippen molar-refractivity contribution in [1.82, 2.24) is 39.3 Å². The topological polar surface area (TPSA) is 215 Å². The first-order chi connectivity index (χ1) is 38.2. The monoisotopic (exact) mass is 1090 g/mol. The van der Waals surface area contributed by atoms with Gasteiger partial charge in [-0.25, -0.2) is 32.5 Å². The van der Waals surface area contributed by atoms with Gasteiger partial charge in [-0.1, -0.05) is 0 Å². The van der Waals surface area contributed by atoms with Gasteiger partial charge in [0.05, 0.1) is 29.4 Å². The molecule has 0 bridgehead atoms. The number of hydrogen-bond donors (Lipinski definition) is 1. The number of primary amides is 1. The molecule has 10 rings (SSSR count). The third kappa shape index (κ3) is 13.0. The van der Waals surface area contributed by atoms with Gasteiger partial charge in [-0.3, -0.25) is 14.8 Å². The predicted molar refractivity (Wildman–Crippen MR) is 295 cm³/mol. The second kappa shape index (κ2) is 23.3. The lowest BCUT2D eigenvalue weighted by molar-refractivity contribution is 0.0230. The minimum atomic E-state index is -0.663. The number of ether oxygens (including phenoxy) is 5. The summed E-state index contributed by atoms with van der Waals surface area (Å²) in [6.45, 7) is 17.2. The van der Waals surface area contributed by atoms with Crippen LogP contribution in [0.5, 0.6) is 23.0 Å². The van der Waals surface area contributed by atoms with Gasteiger partial charge in [-0.05, 0) is 158 Å². The van der Waals surface area contributed by atoms with Crippen LogP contribution in [0.15, 0.2) is 122 Å². The van der Waals surface area contributed by atoms with E-state index in [1.54, 1.807) is 89.8 Å². The molecule has 0 saturated carbocycles. The summed E-state index contributed by atoms with van der Waals surface area (Å²) in [6, 6.07) is 29.1. The molecule has 2 saturated heterocycles. The number of fused-ring (bicyclic) bond motifs is 2. The molecule has 2 aliphatic heterocycles. The van der Waals surface area contributed by atoms with Crippen molar-refractivity contribution < 1.29 is 51.6 Å². The average Bonchev–Trinajstić information content (AvgIpc) is 4.12. The molecule has 3 amide bonds. The van der Waals surface area contributed by atoms with Gasteiger partial charge >= 0.3 is 18.2 Å². The van der Waals surface area contributed by atoms with E-state index in [4.69, 9.17) is 39.6 Å². The van der Waals surface area contributed by atoms with Crippen LogP contribution in [0.1, 0.15) is 69.4 Å². The summed E-state index contributed by atoms with van der Waals surface area (Å²) in [4.78, 5) is 67.2.